The highest BCUT2D eigenvalue weighted by molar-refractivity contribution is 5.77. The number of carboxylic acid groups (broad SMARTS) is 1. The molecule has 1 heterocycles. The quantitative estimate of drug-likeness (QED) is 0.798. The van der Waals surface area contributed by atoms with E-state index in [0.29, 0.717) is 5.75 Å². The Morgan fingerprint density at radius 1 is 1.56 bits per heavy atom. The molecule has 1 aromatic carbocycles. The molecule has 1 fully saturated rings. The zero-order chi connectivity index (χ0) is 11.5. The van der Waals surface area contributed by atoms with Crippen molar-refractivity contribution in [3.63, 3.8) is 0 Å². The minimum atomic E-state index is -0.764. The van der Waals surface area contributed by atoms with Gasteiger partial charge in [-0.25, -0.2) is 0 Å². The Balaban J connectivity index is 2.26. The molecule has 1 atom stereocenters. The van der Waals surface area contributed by atoms with E-state index in [9.17, 15) is 9.90 Å². The summed E-state index contributed by atoms with van der Waals surface area (Å²) in [4.78, 5) is 11.3. The van der Waals surface area contributed by atoms with Crippen molar-refractivity contribution < 1.29 is 14.6 Å². The van der Waals surface area contributed by atoms with Gasteiger partial charge in [0.15, 0.2) is 0 Å². The molecule has 2 N–H and O–H groups in total. The third kappa shape index (κ3) is 2.02. The normalized spacial score (nSPS) is 17.6. The molecule has 0 spiro atoms. The smallest absolute Gasteiger partial charge is 0.311 e. The van der Waals surface area contributed by atoms with E-state index in [-0.39, 0.29) is 5.92 Å². The summed E-state index contributed by atoms with van der Waals surface area (Å²) in [5.74, 6) is -0.309. The highest BCUT2D eigenvalue weighted by Gasteiger charge is 2.33. The Morgan fingerprint density at radius 3 is 2.81 bits per heavy atom. The van der Waals surface area contributed by atoms with Crippen molar-refractivity contribution in [2.45, 2.75) is 5.92 Å². The van der Waals surface area contributed by atoms with Crippen molar-refractivity contribution in [1.29, 1.82) is 0 Å². The summed E-state index contributed by atoms with van der Waals surface area (Å²) in [6.07, 6.45) is 0. The summed E-state index contributed by atoms with van der Waals surface area (Å²) in [6.45, 7) is 1.54. The van der Waals surface area contributed by atoms with Gasteiger partial charge in [0, 0.05) is 19.0 Å². The summed E-state index contributed by atoms with van der Waals surface area (Å²) >= 11 is 0. The number of methoxy groups -OCH3 is 1. The minimum absolute atomic E-state index is 0.185. The lowest BCUT2D eigenvalue weighted by Gasteiger charge is -2.32. The van der Waals surface area contributed by atoms with E-state index in [0.717, 1.165) is 18.7 Å². The van der Waals surface area contributed by atoms with E-state index in [1.54, 1.807) is 13.2 Å². The van der Waals surface area contributed by atoms with Gasteiger partial charge in [0.2, 0.25) is 0 Å². The number of benzene rings is 1. The van der Waals surface area contributed by atoms with Gasteiger partial charge in [0.25, 0.3) is 0 Å². The van der Waals surface area contributed by atoms with E-state index < -0.39 is 11.9 Å². The molecule has 0 bridgehead atoms. The highest BCUT2D eigenvalue weighted by Crippen LogP contribution is 2.29. The summed E-state index contributed by atoms with van der Waals surface area (Å²) in [5, 5.41) is 12.4. The van der Waals surface area contributed by atoms with E-state index >= 15 is 0 Å². The first-order chi connectivity index (χ1) is 7.72. The molecule has 0 aromatic heterocycles. The van der Waals surface area contributed by atoms with E-state index in [1.807, 2.05) is 18.2 Å². The van der Waals surface area contributed by atoms with E-state index in [2.05, 4.69) is 5.32 Å². The third-order valence-corrected chi connectivity index (χ3v) is 3.00. The third-order valence-electron chi connectivity index (χ3n) is 3.00. The molecule has 4 nitrogen and oxygen atoms in total. The Kier molecular flexibility index (Phi) is 3.10. The number of carboxylic acids is 1. The van der Waals surface area contributed by atoms with Crippen molar-refractivity contribution >= 4 is 5.97 Å². The van der Waals surface area contributed by atoms with Gasteiger partial charge >= 0.3 is 5.97 Å². The molecule has 1 aliphatic rings. The maximum atomic E-state index is 11.3. The Hall–Kier alpha value is -1.55. The number of rotatable bonds is 4. The fraction of sp³-hybridized carbons (Fsp3) is 0.417. The SMILES string of the molecule is COc1cccc(C(C(=O)O)C2CNC2)c1. The second kappa shape index (κ2) is 4.53. The maximum Gasteiger partial charge on any atom is 0.311 e. The maximum absolute atomic E-state index is 11.3. The van der Waals surface area contributed by atoms with Crippen molar-refractivity contribution in [1.82, 2.24) is 5.32 Å². The first kappa shape index (κ1) is 11.0. The van der Waals surface area contributed by atoms with Crippen LogP contribution in [0.4, 0.5) is 0 Å². The van der Waals surface area contributed by atoms with Crippen molar-refractivity contribution in [3.05, 3.63) is 29.8 Å². The van der Waals surface area contributed by atoms with Crippen LogP contribution < -0.4 is 10.1 Å². The number of aliphatic carboxylic acids is 1. The molecular weight excluding hydrogens is 206 g/mol. The average Bonchev–Trinajstić information content (AvgIpc) is 2.22. The van der Waals surface area contributed by atoms with Crippen molar-refractivity contribution in [3.8, 4) is 5.75 Å². The summed E-state index contributed by atoms with van der Waals surface area (Å²) < 4.78 is 5.11. The predicted molar refractivity (Wildman–Crippen MR) is 59.7 cm³/mol. The van der Waals surface area contributed by atoms with Gasteiger partial charge < -0.3 is 15.2 Å². The fourth-order valence-electron chi connectivity index (χ4n) is 2.00. The highest BCUT2D eigenvalue weighted by atomic mass is 16.5. The Bertz CT molecular complexity index is 388. The van der Waals surface area contributed by atoms with Crippen molar-refractivity contribution in [2.75, 3.05) is 20.2 Å². The number of carbonyl (C=O) groups is 1. The number of hydrogen-bond donors (Lipinski definition) is 2. The number of ether oxygens (including phenoxy) is 1. The monoisotopic (exact) mass is 221 g/mol. The lowest BCUT2D eigenvalue weighted by Crippen LogP contribution is -2.47. The lowest BCUT2D eigenvalue weighted by atomic mass is 9.82. The first-order valence-electron chi connectivity index (χ1n) is 5.30. The molecular formula is C12H15NO3. The van der Waals surface area contributed by atoms with Crippen LogP contribution in [0.3, 0.4) is 0 Å². The molecule has 1 saturated heterocycles. The zero-order valence-electron chi connectivity index (χ0n) is 9.14. The Morgan fingerprint density at radius 2 is 2.31 bits per heavy atom. The van der Waals surface area contributed by atoms with Gasteiger partial charge in [-0.2, -0.15) is 0 Å². The second-order valence-corrected chi connectivity index (χ2v) is 4.01. The number of nitrogens with one attached hydrogen (secondary N) is 1. The van der Waals surface area contributed by atoms with Gasteiger partial charge in [-0.3, -0.25) is 4.79 Å². The summed E-state index contributed by atoms with van der Waals surface area (Å²) in [5.41, 5.74) is 0.818. The molecule has 4 heteroatoms. The van der Waals surface area contributed by atoms with Gasteiger partial charge in [-0.05, 0) is 17.7 Å². The molecule has 16 heavy (non-hydrogen) atoms. The molecule has 0 saturated carbocycles. The fourth-order valence-corrected chi connectivity index (χ4v) is 2.00. The molecule has 0 radical (unpaired) electrons. The van der Waals surface area contributed by atoms with Crippen LogP contribution in [0.15, 0.2) is 24.3 Å². The van der Waals surface area contributed by atoms with Crippen LogP contribution >= 0.6 is 0 Å². The van der Waals surface area contributed by atoms with Crippen LogP contribution in [-0.2, 0) is 4.79 Å². The molecule has 1 aliphatic heterocycles. The van der Waals surface area contributed by atoms with Gasteiger partial charge in [-0.15, -0.1) is 0 Å². The average molecular weight is 221 g/mol. The molecule has 0 amide bonds. The molecule has 1 unspecified atom stereocenters. The van der Waals surface area contributed by atoms with Gasteiger partial charge in [-0.1, -0.05) is 12.1 Å². The van der Waals surface area contributed by atoms with Crippen LogP contribution in [0.2, 0.25) is 0 Å². The van der Waals surface area contributed by atoms with Crippen LogP contribution in [0.25, 0.3) is 0 Å². The molecule has 0 aliphatic carbocycles. The summed E-state index contributed by atoms with van der Waals surface area (Å²) in [7, 11) is 1.58. The van der Waals surface area contributed by atoms with Gasteiger partial charge in [0.05, 0.1) is 13.0 Å². The Labute approximate surface area is 94.2 Å². The van der Waals surface area contributed by atoms with Crippen LogP contribution in [0.1, 0.15) is 11.5 Å². The van der Waals surface area contributed by atoms with Crippen LogP contribution in [0.5, 0.6) is 5.75 Å². The van der Waals surface area contributed by atoms with E-state index in [4.69, 9.17) is 4.74 Å². The summed E-state index contributed by atoms with van der Waals surface area (Å²) in [6, 6.07) is 7.30. The predicted octanol–water partition coefficient (Wildman–Crippen LogP) is 1.08. The molecule has 2 rings (SSSR count). The van der Waals surface area contributed by atoms with Crippen LogP contribution in [0, 0.1) is 5.92 Å². The molecule has 1 aromatic rings. The standard InChI is InChI=1S/C12H15NO3/c1-16-10-4-2-3-8(5-10)11(12(14)15)9-6-13-7-9/h2-5,9,11,13H,6-7H2,1H3,(H,14,15). The van der Waals surface area contributed by atoms with Crippen LogP contribution in [-0.4, -0.2) is 31.3 Å². The van der Waals surface area contributed by atoms with Gasteiger partial charge in [0.1, 0.15) is 5.75 Å². The molecule has 86 valence electrons. The number of hydrogen-bond acceptors (Lipinski definition) is 3. The van der Waals surface area contributed by atoms with Crippen molar-refractivity contribution in [2.24, 2.45) is 5.92 Å². The first-order valence-corrected chi connectivity index (χ1v) is 5.30. The minimum Gasteiger partial charge on any atom is -0.497 e. The lowest BCUT2D eigenvalue weighted by molar-refractivity contribution is -0.140. The van der Waals surface area contributed by atoms with E-state index in [1.165, 1.54) is 0 Å². The second-order valence-electron chi connectivity index (χ2n) is 4.01. The zero-order valence-corrected chi connectivity index (χ0v) is 9.14. The topological polar surface area (TPSA) is 58.6 Å². The largest absolute Gasteiger partial charge is 0.497 e.